The summed E-state index contributed by atoms with van der Waals surface area (Å²) >= 11 is 0. The SMILES string of the molecule is COc1ccc(C(=O)Nc2ccc(S(=O)(=O)NC(C)C)cc2)c(OC)c1. The van der Waals surface area contributed by atoms with Gasteiger partial charge in [-0.25, -0.2) is 13.1 Å². The summed E-state index contributed by atoms with van der Waals surface area (Å²) < 4.78 is 37.1. The van der Waals surface area contributed by atoms with Gasteiger partial charge in [0.1, 0.15) is 11.5 Å². The van der Waals surface area contributed by atoms with Crippen LogP contribution in [-0.2, 0) is 10.0 Å². The number of sulfonamides is 1. The Hall–Kier alpha value is -2.58. The summed E-state index contributed by atoms with van der Waals surface area (Å²) in [5.41, 5.74) is 0.808. The molecular weight excluding hydrogens is 356 g/mol. The largest absolute Gasteiger partial charge is 0.497 e. The summed E-state index contributed by atoms with van der Waals surface area (Å²) in [6.07, 6.45) is 0. The van der Waals surface area contributed by atoms with Gasteiger partial charge in [0.15, 0.2) is 0 Å². The number of anilines is 1. The molecule has 7 nitrogen and oxygen atoms in total. The first-order chi connectivity index (χ1) is 12.3. The molecule has 2 aromatic rings. The van der Waals surface area contributed by atoms with E-state index in [0.717, 1.165) is 0 Å². The standard InChI is InChI=1S/C18H22N2O5S/c1-12(2)20-26(22,23)15-8-5-13(6-9-15)19-18(21)16-10-7-14(24-3)11-17(16)25-4/h5-12,20H,1-4H3,(H,19,21). The topological polar surface area (TPSA) is 93.7 Å². The third-order valence-electron chi connectivity index (χ3n) is 3.47. The fraction of sp³-hybridized carbons (Fsp3) is 0.278. The quantitative estimate of drug-likeness (QED) is 0.772. The number of ether oxygens (including phenoxy) is 2. The number of rotatable bonds is 7. The van der Waals surface area contributed by atoms with Crippen LogP contribution in [0.25, 0.3) is 0 Å². The Morgan fingerprint density at radius 1 is 1.00 bits per heavy atom. The number of hydrogen-bond donors (Lipinski definition) is 2. The molecule has 8 heteroatoms. The van der Waals surface area contributed by atoms with Gasteiger partial charge in [0.25, 0.3) is 5.91 Å². The van der Waals surface area contributed by atoms with Gasteiger partial charge in [-0.1, -0.05) is 0 Å². The highest BCUT2D eigenvalue weighted by molar-refractivity contribution is 7.89. The maximum absolute atomic E-state index is 12.5. The first-order valence-electron chi connectivity index (χ1n) is 7.92. The molecule has 0 bridgehead atoms. The lowest BCUT2D eigenvalue weighted by atomic mass is 10.1. The molecule has 0 atom stereocenters. The fourth-order valence-corrected chi connectivity index (χ4v) is 3.53. The molecule has 0 aliphatic rings. The van der Waals surface area contributed by atoms with Gasteiger partial charge in [0, 0.05) is 17.8 Å². The van der Waals surface area contributed by atoms with Crippen LogP contribution in [-0.4, -0.2) is 34.6 Å². The lowest BCUT2D eigenvalue weighted by molar-refractivity contribution is 0.102. The van der Waals surface area contributed by atoms with Crippen molar-refractivity contribution in [2.45, 2.75) is 24.8 Å². The molecule has 0 fully saturated rings. The van der Waals surface area contributed by atoms with Crippen LogP contribution >= 0.6 is 0 Å². The van der Waals surface area contributed by atoms with Gasteiger partial charge in [-0.05, 0) is 50.2 Å². The number of benzene rings is 2. The molecule has 2 aromatic carbocycles. The molecule has 26 heavy (non-hydrogen) atoms. The second kappa shape index (κ2) is 8.20. The molecule has 0 saturated carbocycles. The number of hydrogen-bond acceptors (Lipinski definition) is 5. The average molecular weight is 378 g/mol. The lowest BCUT2D eigenvalue weighted by Gasteiger charge is -2.12. The first kappa shape index (κ1) is 19.7. The Labute approximate surface area is 153 Å². The number of carbonyl (C=O) groups is 1. The summed E-state index contributed by atoms with van der Waals surface area (Å²) in [5, 5.41) is 2.71. The normalized spacial score (nSPS) is 11.3. The third kappa shape index (κ3) is 4.74. The highest BCUT2D eigenvalue weighted by atomic mass is 32.2. The van der Waals surface area contributed by atoms with Gasteiger partial charge in [-0.3, -0.25) is 4.79 Å². The van der Waals surface area contributed by atoms with Crippen molar-refractivity contribution in [2.24, 2.45) is 0 Å². The number of nitrogens with one attached hydrogen (secondary N) is 2. The Morgan fingerprint density at radius 2 is 1.65 bits per heavy atom. The van der Waals surface area contributed by atoms with Crippen LogP contribution in [0.1, 0.15) is 24.2 Å². The zero-order valence-corrected chi connectivity index (χ0v) is 15.9. The van der Waals surface area contributed by atoms with Gasteiger partial charge in [-0.15, -0.1) is 0 Å². The first-order valence-corrected chi connectivity index (χ1v) is 9.41. The summed E-state index contributed by atoms with van der Waals surface area (Å²) in [7, 11) is -0.581. The predicted octanol–water partition coefficient (Wildman–Crippen LogP) is 2.64. The third-order valence-corrected chi connectivity index (χ3v) is 5.14. The maximum Gasteiger partial charge on any atom is 0.259 e. The number of amides is 1. The molecule has 2 N–H and O–H groups in total. The molecule has 0 unspecified atom stereocenters. The van der Waals surface area contributed by atoms with Crippen LogP contribution < -0.4 is 19.5 Å². The molecule has 0 aliphatic carbocycles. The Balaban J connectivity index is 2.18. The Bertz CT molecular complexity index is 877. The average Bonchev–Trinajstić information content (AvgIpc) is 2.60. The molecule has 2 rings (SSSR count). The van der Waals surface area contributed by atoms with Crippen LogP contribution in [0.4, 0.5) is 5.69 Å². The summed E-state index contributed by atoms with van der Waals surface area (Å²) in [6.45, 7) is 3.49. The van der Waals surface area contributed by atoms with Crippen molar-refractivity contribution in [1.29, 1.82) is 0 Å². The monoisotopic (exact) mass is 378 g/mol. The molecule has 0 heterocycles. The number of carbonyl (C=O) groups excluding carboxylic acids is 1. The summed E-state index contributed by atoms with van der Waals surface area (Å²) in [4.78, 5) is 12.6. The van der Waals surface area contributed by atoms with Crippen LogP contribution in [0, 0.1) is 0 Å². The van der Waals surface area contributed by atoms with Crippen molar-refractivity contribution in [3.05, 3.63) is 48.0 Å². The van der Waals surface area contributed by atoms with Gasteiger partial charge >= 0.3 is 0 Å². The maximum atomic E-state index is 12.5. The van der Waals surface area contributed by atoms with Crippen molar-refractivity contribution >= 4 is 21.6 Å². The predicted molar refractivity (Wildman–Crippen MR) is 99.4 cm³/mol. The van der Waals surface area contributed by atoms with Crippen molar-refractivity contribution in [2.75, 3.05) is 19.5 Å². The van der Waals surface area contributed by atoms with Crippen molar-refractivity contribution in [1.82, 2.24) is 4.72 Å². The van der Waals surface area contributed by atoms with Gasteiger partial charge < -0.3 is 14.8 Å². The van der Waals surface area contributed by atoms with E-state index >= 15 is 0 Å². The van der Waals surface area contributed by atoms with Crippen LogP contribution in [0.2, 0.25) is 0 Å². The van der Waals surface area contributed by atoms with Crippen molar-refractivity contribution in [3.8, 4) is 11.5 Å². The van der Waals surface area contributed by atoms with E-state index in [1.165, 1.54) is 38.5 Å². The second-order valence-electron chi connectivity index (χ2n) is 5.82. The lowest BCUT2D eigenvalue weighted by Crippen LogP contribution is -2.30. The Morgan fingerprint density at radius 3 is 2.19 bits per heavy atom. The second-order valence-corrected chi connectivity index (χ2v) is 7.53. The van der Waals surface area contributed by atoms with E-state index in [1.807, 2.05) is 0 Å². The van der Waals surface area contributed by atoms with Crippen molar-refractivity contribution < 1.29 is 22.7 Å². The highest BCUT2D eigenvalue weighted by Gasteiger charge is 2.16. The molecule has 1 amide bonds. The van der Waals surface area contributed by atoms with Crippen LogP contribution in [0.5, 0.6) is 11.5 Å². The van der Waals surface area contributed by atoms with E-state index in [9.17, 15) is 13.2 Å². The molecule has 0 aliphatic heterocycles. The Kier molecular flexibility index (Phi) is 6.23. The van der Waals surface area contributed by atoms with Gasteiger partial charge in [0.05, 0.1) is 24.7 Å². The molecule has 0 spiro atoms. The molecule has 0 radical (unpaired) electrons. The molecule has 140 valence electrons. The van der Waals surface area contributed by atoms with Crippen LogP contribution in [0.3, 0.4) is 0 Å². The molecular formula is C18H22N2O5S. The minimum atomic E-state index is -3.57. The number of methoxy groups -OCH3 is 2. The minimum absolute atomic E-state index is 0.131. The smallest absolute Gasteiger partial charge is 0.259 e. The zero-order valence-electron chi connectivity index (χ0n) is 15.1. The van der Waals surface area contributed by atoms with E-state index in [0.29, 0.717) is 22.7 Å². The van der Waals surface area contributed by atoms with E-state index in [4.69, 9.17) is 9.47 Å². The highest BCUT2D eigenvalue weighted by Crippen LogP contribution is 2.25. The molecule has 0 saturated heterocycles. The fourth-order valence-electron chi connectivity index (χ4n) is 2.28. The zero-order chi connectivity index (χ0) is 19.3. The molecule has 0 aromatic heterocycles. The van der Waals surface area contributed by atoms with E-state index < -0.39 is 10.0 Å². The van der Waals surface area contributed by atoms with Crippen LogP contribution in [0.15, 0.2) is 47.4 Å². The summed E-state index contributed by atoms with van der Waals surface area (Å²) in [5.74, 6) is 0.577. The summed E-state index contributed by atoms with van der Waals surface area (Å²) in [6, 6.07) is 10.6. The van der Waals surface area contributed by atoms with E-state index in [-0.39, 0.29) is 16.8 Å². The van der Waals surface area contributed by atoms with E-state index in [2.05, 4.69) is 10.0 Å². The van der Waals surface area contributed by atoms with E-state index in [1.54, 1.807) is 32.0 Å². The van der Waals surface area contributed by atoms with Gasteiger partial charge in [0.2, 0.25) is 10.0 Å². The van der Waals surface area contributed by atoms with Gasteiger partial charge in [-0.2, -0.15) is 0 Å². The minimum Gasteiger partial charge on any atom is -0.497 e. The van der Waals surface area contributed by atoms with Crippen molar-refractivity contribution in [3.63, 3.8) is 0 Å².